The molecule has 110 valence electrons. The molecule has 0 aliphatic heterocycles. The van der Waals surface area contributed by atoms with Crippen LogP contribution in [0.4, 0.5) is 5.69 Å². The summed E-state index contributed by atoms with van der Waals surface area (Å²) < 4.78 is 27.0. The molecule has 5 N–H and O–H groups in total. The van der Waals surface area contributed by atoms with E-state index in [1.54, 1.807) is 18.2 Å². The van der Waals surface area contributed by atoms with Gasteiger partial charge in [-0.2, -0.15) is 0 Å². The molecule has 0 spiro atoms. The highest BCUT2D eigenvalue weighted by molar-refractivity contribution is 7.89. The minimum Gasteiger partial charge on any atom is -0.399 e. The second-order valence-corrected chi connectivity index (χ2v) is 6.44. The van der Waals surface area contributed by atoms with Gasteiger partial charge in [-0.15, -0.1) is 0 Å². The van der Waals surface area contributed by atoms with Gasteiger partial charge in [0.15, 0.2) is 0 Å². The van der Waals surface area contributed by atoms with Gasteiger partial charge in [0.25, 0.3) is 0 Å². The molecule has 1 heterocycles. The van der Waals surface area contributed by atoms with Crippen LogP contribution in [0.1, 0.15) is 19.8 Å². The quantitative estimate of drug-likeness (QED) is 0.600. The largest absolute Gasteiger partial charge is 0.399 e. The van der Waals surface area contributed by atoms with Crippen molar-refractivity contribution in [3.63, 3.8) is 0 Å². The van der Waals surface area contributed by atoms with Gasteiger partial charge in [-0.05, 0) is 31.0 Å². The lowest BCUT2D eigenvalue weighted by molar-refractivity contribution is 0.162. The maximum absolute atomic E-state index is 12.2. The van der Waals surface area contributed by atoms with Crippen LogP contribution in [0.3, 0.4) is 0 Å². The average molecular weight is 297 g/mol. The predicted molar refractivity (Wildman–Crippen MR) is 78.8 cm³/mol. The summed E-state index contributed by atoms with van der Waals surface area (Å²) in [7, 11) is -3.61. The van der Waals surface area contributed by atoms with Gasteiger partial charge >= 0.3 is 0 Å². The Morgan fingerprint density at radius 2 is 2.20 bits per heavy atom. The summed E-state index contributed by atoms with van der Waals surface area (Å²) in [6.07, 6.45) is 1.95. The molecule has 7 heteroatoms. The van der Waals surface area contributed by atoms with Crippen LogP contribution in [-0.2, 0) is 10.0 Å². The standard InChI is InChI=1S/C13H19N3O3S/c1-2-10(17)5-6-16-20(18,19)13-8-15-12-4-3-9(14)7-11(12)13/h3-4,7-8,10,15-17H,2,5-6,14H2,1H3. The summed E-state index contributed by atoms with van der Waals surface area (Å²) in [5, 5.41) is 10.00. The number of nitrogens with one attached hydrogen (secondary N) is 2. The number of rotatable bonds is 6. The van der Waals surface area contributed by atoms with Crippen molar-refractivity contribution >= 4 is 26.6 Å². The molecule has 0 bridgehead atoms. The van der Waals surface area contributed by atoms with Crippen molar-refractivity contribution in [3.05, 3.63) is 24.4 Å². The van der Waals surface area contributed by atoms with Gasteiger partial charge in [-0.1, -0.05) is 6.92 Å². The molecule has 2 aromatic rings. The fraction of sp³-hybridized carbons (Fsp3) is 0.385. The van der Waals surface area contributed by atoms with E-state index in [1.807, 2.05) is 6.92 Å². The van der Waals surface area contributed by atoms with Gasteiger partial charge in [0, 0.05) is 29.3 Å². The van der Waals surface area contributed by atoms with E-state index in [1.165, 1.54) is 6.20 Å². The van der Waals surface area contributed by atoms with E-state index in [2.05, 4.69) is 9.71 Å². The monoisotopic (exact) mass is 297 g/mol. The van der Waals surface area contributed by atoms with E-state index >= 15 is 0 Å². The number of anilines is 1. The first-order valence-corrected chi connectivity index (χ1v) is 7.96. The third-order valence-electron chi connectivity index (χ3n) is 3.20. The molecule has 1 aromatic carbocycles. The van der Waals surface area contributed by atoms with Crippen LogP contribution < -0.4 is 10.5 Å². The van der Waals surface area contributed by atoms with Gasteiger partial charge in [0.05, 0.1) is 6.10 Å². The molecular formula is C13H19N3O3S. The lowest BCUT2D eigenvalue weighted by Crippen LogP contribution is -2.27. The minimum atomic E-state index is -3.61. The average Bonchev–Trinajstić information content (AvgIpc) is 2.81. The van der Waals surface area contributed by atoms with E-state index in [-0.39, 0.29) is 11.4 Å². The number of aromatic nitrogens is 1. The second kappa shape index (κ2) is 5.82. The summed E-state index contributed by atoms with van der Waals surface area (Å²) in [6.45, 7) is 2.05. The Labute approximate surface area is 118 Å². The lowest BCUT2D eigenvalue weighted by Gasteiger charge is -2.09. The zero-order valence-electron chi connectivity index (χ0n) is 11.3. The Hall–Kier alpha value is -1.57. The SMILES string of the molecule is CCC(O)CCNS(=O)(=O)c1c[nH]c2ccc(N)cc12. The van der Waals surface area contributed by atoms with Crippen LogP contribution in [0.25, 0.3) is 10.9 Å². The number of aliphatic hydroxyl groups excluding tert-OH is 1. The Kier molecular flexibility index (Phi) is 4.32. The summed E-state index contributed by atoms with van der Waals surface area (Å²) in [6, 6.07) is 5.08. The van der Waals surface area contributed by atoms with E-state index in [0.29, 0.717) is 29.4 Å². The normalized spacial score (nSPS) is 13.7. The van der Waals surface area contributed by atoms with Crippen molar-refractivity contribution in [1.82, 2.24) is 9.71 Å². The van der Waals surface area contributed by atoms with Crippen LogP contribution >= 0.6 is 0 Å². The van der Waals surface area contributed by atoms with E-state index in [0.717, 1.165) is 0 Å². The number of hydrogen-bond donors (Lipinski definition) is 4. The van der Waals surface area contributed by atoms with Crippen molar-refractivity contribution in [3.8, 4) is 0 Å². The molecule has 6 nitrogen and oxygen atoms in total. The van der Waals surface area contributed by atoms with Crippen molar-refractivity contribution in [1.29, 1.82) is 0 Å². The Bertz CT molecular complexity index is 694. The second-order valence-electron chi connectivity index (χ2n) is 4.71. The number of aliphatic hydroxyl groups is 1. The lowest BCUT2D eigenvalue weighted by atomic mass is 10.2. The van der Waals surface area contributed by atoms with E-state index < -0.39 is 16.1 Å². The van der Waals surface area contributed by atoms with Gasteiger partial charge in [0.1, 0.15) is 4.90 Å². The molecule has 20 heavy (non-hydrogen) atoms. The molecule has 1 atom stereocenters. The maximum atomic E-state index is 12.2. The number of sulfonamides is 1. The highest BCUT2D eigenvalue weighted by atomic mass is 32.2. The fourth-order valence-electron chi connectivity index (χ4n) is 1.98. The molecule has 1 unspecified atom stereocenters. The van der Waals surface area contributed by atoms with Crippen LogP contribution in [0.15, 0.2) is 29.3 Å². The predicted octanol–water partition coefficient (Wildman–Crippen LogP) is 1.19. The van der Waals surface area contributed by atoms with Crippen molar-refractivity contribution < 1.29 is 13.5 Å². The molecule has 0 saturated heterocycles. The summed E-state index contributed by atoms with van der Waals surface area (Å²) in [5.74, 6) is 0. The smallest absolute Gasteiger partial charge is 0.242 e. The van der Waals surface area contributed by atoms with E-state index in [9.17, 15) is 13.5 Å². The topological polar surface area (TPSA) is 108 Å². The zero-order chi connectivity index (χ0) is 14.8. The number of H-pyrrole nitrogens is 1. The van der Waals surface area contributed by atoms with Crippen LogP contribution in [0.2, 0.25) is 0 Å². The first-order chi connectivity index (χ1) is 9.44. The van der Waals surface area contributed by atoms with Gasteiger partial charge in [-0.25, -0.2) is 13.1 Å². The molecule has 0 saturated carbocycles. The van der Waals surface area contributed by atoms with Crippen LogP contribution in [-0.4, -0.2) is 31.2 Å². The van der Waals surface area contributed by atoms with Gasteiger partial charge < -0.3 is 15.8 Å². The molecule has 2 rings (SSSR count). The number of nitrogen functional groups attached to an aromatic ring is 1. The number of aromatic amines is 1. The third-order valence-corrected chi connectivity index (χ3v) is 4.70. The number of fused-ring (bicyclic) bond motifs is 1. The molecular weight excluding hydrogens is 278 g/mol. The summed E-state index contributed by atoms with van der Waals surface area (Å²) in [5.41, 5.74) is 6.92. The molecule has 1 aromatic heterocycles. The minimum absolute atomic E-state index is 0.172. The highest BCUT2D eigenvalue weighted by Crippen LogP contribution is 2.24. The van der Waals surface area contributed by atoms with Crippen LogP contribution in [0, 0.1) is 0 Å². The van der Waals surface area contributed by atoms with Gasteiger partial charge in [-0.3, -0.25) is 0 Å². The van der Waals surface area contributed by atoms with Gasteiger partial charge in [0.2, 0.25) is 10.0 Å². The third kappa shape index (κ3) is 3.12. The Balaban J connectivity index is 2.21. The number of hydrogen-bond acceptors (Lipinski definition) is 4. The maximum Gasteiger partial charge on any atom is 0.242 e. The fourth-order valence-corrected chi connectivity index (χ4v) is 3.19. The number of nitrogens with two attached hydrogens (primary N) is 1. The molecule has 0 radical (unpaired) electrons. The number of benzene rings is 1. The zero-order valence-corrected chi connectivity index (χ0v) is 12.1. The van der Waals surface area contributed by atoms with Crippen LogP contribution in [0.5, 0.6) is 0 Å². The summed E-state index contributed by atoms with van der Waals surface area (Å²) in [4.78, 5) is 3.08. The highest BCUT2D eigenvalue weighted by Gasteiger charge is 2.18. The van der Waals surface area contributed by atoms with Crippen molar-refractivity contribution in [2.24, 2.45) is 0 Å². The van der Waals surface area contributed by atoms with Crippen molar-refractivity contribution in [2.75, 3.05) is 12.3 Å². The molecule has 0 fully saturated rings. The summed E-state index contributed by atoms with van der Waals surface area (Å²) >= 11 is 0. The Morgan fingerprint density at radius 3 is 2.90 bits per heavy atom. The molecule has 0 aliphatic carbocycles. The first kappa shape index (κ1) is 14.8. The molecule has 0 amide bonds. The molecule has 0 aliphatic rings. The Morgan fingerprint density at radius 1 is 1.45 bits per heavy atom. The van der Waals surface area contributed by atoms with E-state index in [4.69, 9.17) is 5.73 Å². The first-order valence-electron chi connectivity index (χ1n) is 6.48. The van der Waals surface area contributed by atoms with Crippen molar-refractivity contribution in [2.45, 2.75) is 30.8 Å².